The Balaban J connectivity index is 0.00000312. The molecular weight excluding hydrogens is 427 g/mol. The zero-order chi connectivity index (χ0) is 17.2. The summed E-state index contributed by atoms with van der Waals surface area (Å²) in [7, 11) is 1.91. The van der Waals surface area contributed by atoms with Gasteiger partial charge in [0.25, 0.3) is 0 Å². The molecular formula is C19H39IN4O. The molecule has 25 heavy (non-hydrogen) atoms. The maximum atomic E-state index is 5.47. The van der Waals surface area contributed by atoms with Crippen LogP contribution >= 0.6 is 24.0 Å². The Bertz CT molecular complexity index is 372. The van der Waals surface area contributed by atoms with Gasteiger partial charge in [0.05, 0.1) is 13.2 Å². The molecule has 2 saturated heterocycles. The SMILES string of the molecule is CN=C(NCCCCCCC(C)C)N1CCC(N2CCOCC2)C1.I. The summed E-state index contributed by atoms with van der Waals surface area (Å²) in [6.45, 7) is 11.8. The molecule has 0 aromatic carbocycles. The average molecular weight is 466 g/mol. The van der Waals surface area contributed by atoms with Crippen LogP contribution in [0.15, 0.2) is 4.99 Å². The van der Waals surface area contributed by atoms with E-state index in [4.69, 9.17) is 4.74 Å². The lowest BCUT2D eigenvalue weighted by Crippen LogP contribution is -2.46. The van der Waals surface area contributed by atoms with Gasteiger partial charge in [-0.15, -0.1) is 24.0 Å². The number of unbranched alkanes of at least 4 members (excludes halogenated alkanes) is 3. The Morgan fingerprint density at radius 3 is 2.52 bits per heavy atom. The normalized spacial score (nSPS) is 22.3. The first-order valence-corrected chi connectivity index (χ1v) is 9.98. The first-order chi connectivity index (χ1) is 11.7. The Labute approximate surface area is 172 Å². The lowest BCUT2D eigenvalue weighted by molar-refractivity contribution is 0.0195. The topological polar surface area (TPSA) is 40.1 Å². The van der Waals surface area contributed by atoms with Crippen LogP contribution in [0.25, 0.3) is 0 Å². The number of nitrogens with one attached hydrogen (secondary N) is 1. The minimum atomic E-state index is 0. The van der Waals surface area contributed by atoms with Crippen LogP contribution in [0.3, 0.4) is 0 Å². The van der Waals surface area contributed by atoms with Crippen molar-refractivity contribution in [1.29, 1.82) is 0 Å². The van der Waals surface area contributed by atoms with Crippen molar-refractivity contribution in [3.8, 4) is 0 Å². The second-order valence-corrected chi connectivity index (χ2v) is 7.61. The van der Waals surface area contributed by atoms with Crippen LogP contribution < -0.4 is 5.32 Å². The van der Waals surface area contributed by atoms with Crippen LogP contribution in [0.2, 0.25) is 0 Å². The summed E-state index contributed by atoms with van der Waals surface area (Å²) in [5.74, 6) is 1.93. The number of hydrogen-bond donors (Lipinski definition) is 1. The van der Waals surface area contributed by atoms with E-state index >= 15 is 0 Å². The van der Waals surface area contributed by atoms with E-state index in [0.29, 0.717) is 6.04 Å². The third kappa shape index (κ3) is 8.43. The number of nitrogens with zero attached hydrogens (tertiary/aromatic N) is 3. The second kappa shape index (κ2) is 13.1. The molecule has 148 valence electrons. The molecule has 2 fully saturated rings. The molecule has 2 heterocycles. The summed E-state index contributed by atoms with van der Waals surface area (Å²) in [4.78, 5) is 9.51. The van der Waals surface area contributed by atoms with E-state index in [-0.39, 0.29) is 24.0 Å². The van der Waals surface area contributed by atoms with Crippen LogP contribution in [0.5, 0.6) is 0 Å². The van der Waals surface area contributed by atoms with Crippen molar-refractivity contribution < 1.29 is 4.74 Å². The van der Waals surface area contributed by atoms with E-state index in [1.807, 2.05) is 7.05 Å². The Morgan fingerprint density at radius 1 is 1.12 bits per heavy atom. The molecule has 0 aromatic rings. The number of ether oxygens (including phenoxy) is 1. The summed E-state index contributed by atoms with van der Waals surface area (Å²) >= 11 is 0. The zero-order valence-electron chi connectivity index (χ0n) is 16.5. The summed E-state index contributed by atoms with van der Waals surface area (Å²) in [6, 6.07) is 0.670. The molecule has 0 spiro atoms. The van der Waals surface area contributed by atoms with Crippen molar-refractivity contribution in [3.63, 3.8) is 0 Å². The standard InChI is InChI=1S/C19H38N4O.HI/c1-17(2)8-6-4-5-7-10-21-19(20-3)23-11-9-18(16-23)22-12-14-24-15-13-22;/h17-18H,4-16H2,1-3H3,(H,20,21);1H. The molecule has 1 atom stereocenters. The van der Waals surface area contributed by atoms with Crippen LogP contribution in [-0.2, 0) is 4.74 Å². The van der Waals surface area contributed by atoms with Gasteiger partial charge in [-0.05, 0) is 18.8 Å². The molecule has 0 aromatic heterocycles. The van der Waals surface area contributed by atoms with Gasteiger partial charge >= 0.3 is 0 Å². The molecule has 0 amide bonds. The van der Waals surface area contributed by atoms with E-state index in [2.05, 4.69) is 34.0 Å². The van der Waals surface area contributed by atoms with Gasteiger partial charge in [0.2, 0.25) is 0 Å². The minimum Gasteiger partial charge on any atom is -0.379 e. The predicted molar refractivity (Wildman–Crippen MR) is 117 cm³/mol. The highest BCUT2D eigenvalue weighted by Crippen LogP contribution is 2.17. The first-order valence-electron chi connectivity index (χ1n) is 9.98. The third-order valence-corrected chi connectivity index (χ3v) is 5.23. The second-order valence-electron chi connectivity index (χ2n) is 7.61. The quantitative estimate of drug-likeness (QED) is 0.258. The summed E-state index contributed by atoms with van der Waals surface area (Å²) < 4.78 is 5.47. The van der Waals surface area contributed by atoms with Crippen molar-refractivity contribution in [3.05, 3.63) is 0 Å². The largest absolute Gasteiger partial charge is 0.379 e. The number of morpholine rings is 1. The van der Waals surface area contributed by atoms with Gasteiger partial charge in [-0.25, -0.2) is 0 Å². The zero-order valence-corrected chi connectivity index (χ0v) is 18.8. The molecule has 6 heteroatoms. The van der Waals surface area contributed by atoms with Gasteiger partial charge in [-0.3, -0.25) is 9.89 Å². The van der Waals surface area contributed by atoms with E-state index < -0.39 is 0 Å². The van der Waals surface area contributed by atoms with Gasteiger partial charge in [-0.1, -0.05) is 39.5 Å². The summed E-state index contributed by atoms with van der Waals surface area (Å²) in [6.07, 6.45) is 7.92. The van der Waals surface area contributed by atoms with Crippen molar-refractivity contribution in [1.82, 2.24) is 15.1 Å². The van der Waals surface area contributed by atoms with Crippen molar-refractivity contribution in [2.75, 3.05) is 53.0 Å². The molecule has 1 N–H and O–H groups in total. The fraction of sp³-hybridized carbons (Fsp3) is 0.947. The van der Waals surface area contributed by atoms with Gasteiger partial charge in [0.1, 0.15) is 0 Å². The minimum absolute atomic E-state index is 0. The molecule has 0 saturated carbocycles. The maximum absolute atomic E-state index is 5.47. The summed E-state index contributed by atoms with van der Waals surface area (Å²) in [5, 5.41) is 3.57. The van der Waals surface area contributed by atoms with Crippen molar-refractivity contribution in [2.45, 2.75) is 58.4 Å². The highest BCUT2D eigenvalue weighted by Gasteiger charge is 2.30. The third-order valence-electron chi connectivity index (χ3n) is 5.23. The van der Waals surface area contributed by atoms with Gasteiger partial charge in [0, 0.05) is 45.8 Å². The van der Waals surface area contributed by atoms with Crippen LogP contribution in [0.4, 0.5) is 0 Å². The maximum Gasteiger partial charge on any atom is 0.193 e. The Kier molecular flexibility index (Phi) is 12.1. The number of hydrogen-bond acceptors (Lipinski definition) is 3. The highest BCUT2D eigenvalue weighted by molar-refractivity contribution is 14.0. The number of halogens is 1. The smallest absolute Gasteiger partial charge is 0.193 e. The molecule has 2 rings (SSSR count). The fourth-order valence-electron chi connectivity index (χ4n) is 3.74. The Morgan fingerprint density at radius 2 is 1.84 bits per heavy atom. The van der Waals surface area contributed by atoms with Crippen molar-refractivity contribution >= 4 is 29.9 Å². The molecule has 1 unspecified atom stereocenters. The average Bonchev–Trinajstić information content (AvgIpc) is 3.08. The first kappa shape index (κ1) is 23.0. The van der Waals surface area contributed by atoms with E-state index in [1.54, 1.807) is 0 Å². The van der Waals surface area contributed by atoms with Gasteiger partial charge in [0.15, 0.2) is 5.96 Å². The van der Waals surface area contributed by atoms with Crippen LogP contribution in [0, 0.1) is 5.92 Å². The number of guanidine groups is 1. The van der Waals surface area contributed by atoms with Crippen LogP contribution in [-0.4, -0.2) is 74.8 Å². The highest BCUT2D eigenvalue weighted by atomic mass is 127. The number of likely N-dealkylation sites (tertiary alicyclic amines) is 1. The van der Waals surface area contributed by atoms with E-state index in [1.165, 1.54) is 38.5 Å². The van der Waals surface area contributed by atoms with Crippen molar-refractivity contribution in [2.24, 2.45) is 10.9 Å². The molecule has 0 bridgehead atoms. The molecule has 2 aliphatic rings. The number of rotatable bonds is 8. The predicted octanol–water partition coefficient (Wildman–Crippen LogP) is 3.19. The molecule has 0 radical (unpaired) electrons. The van der Waals surface area contributed by atoms with E-state index in [0.717, 1.165) is 57.8 Å². The van der Waals surface area contributed by atoms with Gasteiger partial charge < -0.3 is 15.0 Å². The lowest BCUT2D eigenvalue weighted by Gasteiger charge is -2.32. The fourth-order valence-corrected chi connectivity index (χ4v) is 3.74. The van der Waals surface area contributed by atoms with E-state index in [9.17, 15) is 0 Å². The molecule has 0 aliphatic carbocycles. The molecule has 2 aliphatic heterocycles. The Hall–Kier alpha value is -0.0800. The van der Waals surface area contributed by atoms with Gasteiger partial charge in [-0.2, -0.15) is 0 Å². The number of aliphatic imine (C=N–C) groups is 1. The summed E-state index contributed by atoms with van der Waals surface area (Å²) in [5.41, 5.74) is 0. The van der Waals surface area contributed by atoms with Crippen LogP contribution in [0.1, 0.15) is 52.4 Å². The monoisotopic (exact) mass is 466 g/mol. The molecule has 5 nitrogen and oxygen atoms in total. The lowest BCUT2D eigenvalue weighted by atomic mass is 10.0.